The highest BCUT2D eigenvalue weighted by Gasteiger charge is 2.34. The van der Waals surface area contributed by atoms with Crippen molar-refractivity contribution in [2.75, 3.05) is 19.6 Å². The Morgan fingerprint density at radius 3 is 2.80 bits per heavy atom. The van der Waals surface area contributed by atoms with Crippen molar-refractivity contribution in [1.82, 2.24) is 10.2 Å². The molecule has 2 unspecified atom stereocenters. The Kier molecular flexibility index (Phi) is 4.05. The van der Waals surface area contributed by atoms with Gasteiger partial charge in [0.15, 0.2) is 0 Å². The molecule has 1 aliphatic heterocycles. The molecule has 6 nitrogen and oxygen atoms in total. The Bertz CT molecular complexity index is 241. The second-order valence-corrected chi connectivity index (χ2v) is 3.62. The summed E-state index contributed by atoms with van der Waals surface area (Å²) in [5.74, 6) is -1.37. The van der Waals surface area contributed by atoms with Crippen molar-refractivity contribution in [2.45, 2.75) is 25.4 Å². The highest BCUT2D eigenvalue weighted by Crippen LogP contribution is 2.11. The zero-order chi connectivity index (χ0) is 11.4. The minimum absolute atomic E-state index is 0.360. The zero-order valence-corrected chi connectivity index (χ0v) is 8.77. The van der Waals surface area contributed by atoms with Crippen molar-refractivity contribution < 1.29 is 14.7 Å². The van der Waals surface area contributed by atoms with E-state index in [-0.39, 0.29) is 0 Å². The molecule has 0 aromatic heterocycles. The molecule has 0 aliphatic carbocycles. The summed E-state index contributed by atoms with van der Waals surface area (Å²) in [7, 11) is 0. The van der Waals surface area contributed by atoms with Gasteiger partial charge in [-0.3, -0.25) is 14.5 Å². The average Bonchev–Trinajstić information content (AvgIpc) is 2.18. The summed E-state index contributed by atoms with van der Waals surface area (Å²) in [5.41, 5.74) is 5.25. The first kappa shape index (κ1) is 11.9. The molecule has 0 radical (unpaired) electrons. The highest BCUT2D eigenvalue weighted by atomic mass is 16.4. The Morgan fingerprint density at radius 2 is 2.33 bits per heavy atom. The van der Waals surface area contributed by atoms with E-state index in [9.17, 15) is 9.59 Å². The topological polar surface area (TPSA) is 95.7 Å². The fourth-order valence-electron chi connectivity index (χ4n) is 1.92. The minimum Gasteiger partial charge on any atom is -0.480 e. The molecule has 4 N–H and O–H groups in total. The fraction of sp³-hybridized carbons (Fsp3) is 0.778. The van der Waals surface area contributed by atoms with Crippen LogP contribution in [0.4, 0.5) is 0 Å². The SMILES string of the molecule is CCC(C(N)=O)N1CCNCC1C(=O)O. The maximum atomic E-state index is 11.2. The summed E-state index contributed by atoms with van der Waals surface area (Å²) in [4.78, 5) is 23.8. The Hall–Kier alpha value is -1.14. The first-order valence-corrected chi connectivity index (χ1v) is 5.06. The van der Waals surface area contributed by atoms with Gasteiger partial charge in [-0.2, -0.15) is 0 Å². The second kappa shape index (κ2) is 5.09. The second-order valence-electron chi connectivity index (χ2n) is 3.62. The maximum Gasteiger partial charge on any atom is 0.322 e. The van der Waals surface area contributed by atoms with E-state index in [1.807, 2.05) is 6.92 Å². The number of aliphatic carboxylic acids is 1. The van der Waals surface area contributed by atoms with Crippen LogP contribution in [0, 0.1) is 0 Å². The standard InChI is InChI=1S/C9H17N3O3/c1-2-6(8(10)13)12-4-3-11-5-7(12)9(14)15/h6-7,11H,2-5H2,1H3,(H2,10,13)(H,14,15). The van der Waals surface area contributed by atoms with E-state index in [0.29, 0.717) is 26.1 Å². The number of nitrogens with one attached hydrogen (secondary N) is 1. The average molecular weight is 215 g/mol. The lowest BCUT2D eigenvalue weighted by molar-refractivity contribution is -0.146. The molecule has 1 rings (SSSR count). The Balaban J connectivity index is 2.78. The van der Waals surface area contributed by atoms with E-state index >= 15 is 0 Å². The number of primary amides is 1. The Morgan fingerprint density at radius 1 is 1.67 bits per heavy atom. The van der Waals surface area contributed by atoms with Gasteiger partial charge in [-0.15, -0.1) is 0 Å². The summed E-state index contributed by atoms with van der Waals surface area (Å²) in [6.45, 7) is 3.42. The number of carbonyl (C=O) groups is 2. The van der Waals surface area contributed by atoms with Crippen molar-refractivity contribution in [3.63, 3.8) is 0 Å². The monoisotopic (exact) mass is 215 g/mol. The molecule has 0 spiro atoms. The summed E-state index contributed by atoms with van der Waals surface area (Å²) in [6, 6.07) is -1.13. The maximum absolute atomic E-state index is 11.2. The largest absolute Gasteiger partial charge is 0.480 e. The lowest BCUT2D eigenvalue weighted by Crippen LogP contribution is -2.60. The third-order valence-corrected chi connectivity index (χ3v) is 2.69. The van der Waals surface area contributed by atoms with E-state index in [1.54, 1.807) is 4.90 Å². The fourth-order valence-corrected chi connectivity index (χ4v) is 1.92. The molecule has 86 valence electrons. The number of piperazine rings is 1. The molecule has 1 amide bonds. The molecule has 1 saturated heterocycles. The van der Waals surface area contributed by atoms with Gasteiger partial charge in [-0.1, -0.05) is 6.92 Å². The van der Waals surface area contributed by atoms with Gasteiger partial charge in [-0.05, 0) is 6.42 Å². The molecule has 15 heavy (non-hydrogen) atoms. The van der Waals surface area contributed by atoms with Gasteiger partial charge in [-0.25, -0.2) is 0 Å². The predicted molar refractivity (Wildman–Crippen MR) is 54.3 cm³/mol. The lowest BCUT2D eigenvalue weighted by Gasteiger charge is -2.37. The molecular formula is C9H17N3O3. The van der Waals surface area contributed by atoms with Crippen LogP contribution >= 0.6 is 0 Å². The van der Waals surface area contributed by atoms with E-state index < -0.39 is 24.0 Å². The van der Waals surface area contributed by atoms with Crippen LogP contribution in [-0.4, -0.2) is 53.6 Å². The normalized spacial score (nSPS) is 24.7. The van der Waals surface area contributed by atoms with Crippen molar-refractivity contribution in [1.29, 1.82) is 0 Å². The number of nitrogens with two attached hydrogens (primary N) is 1. The van der Waals surface area contributed by atoms with Crippen molar-refractivity contribution in [3.8, 4) is 0 Å². The predicted octanol–water partition coefficient (Wildman–Crippen LogP) is -1.39. The minimum atomic E-state index is -0.915. The summed E-state index contributed by atoms with van der Waals surface area (Å²) >= 11 is 0. The van der Waals surface area contributed by atoms with Gasteiger partial charge in [0.25, 0.3) is 0 Å². The molecule has 6 heteroatoms. The van der Waals surface area contributed by atoms with Crippen LogP contribution in [-0.2, 0) is 9.59 Å². The number of rotatable bonds is 4. The molecule has 1 aliphatic rings. The van der Waals surface area contributed by atoms with E-state index in [4.69, 9.17) is 10.8 Å². The third-order valence-electron chi connectivity index (χ3n) is 2.69. The summed E-state index contributed by atoms with van der Waals surface area (Å²) in [5, 5.41) is 12.0. The molecule has 0 bridgehead atoms. The van der Waals surface area contributed by atoms with Crippen molar-refractivity contribution in [2.24, 2.45) is 5.73 Å². The van der Waals surface area contributed by atoms with Crippen LogP contribution in [0.3, 0.4) is 0 Å². The van der Waals surface area contributed by atoms with Crippen LogP contribution in [0.1, 0.15) is 13.3 Å². The van der Waals surface area contributed by atoms with Gasteiger partial charge in [0.05, 0.1) is 6.04 Å². The van der Waals surface area contributed by atoms with Gasteiger partial charge in [0, 0.05) is 19.6 Å². The van der Waals surface area contributed by atoms with Crippen LogP contribution in [0.5, 0.6) is 0 Å². The van der Waals surface area contributed by atoms with Crippen LogP contribution in [0.15, 0.2) is 0 Å². The van der Waals surface area contributed by atoms with Crippen LogP contribution < -0.4 is 11.1 Å². The first-order chi connectivity index (χ1) is 7.07. The number of amides is 1. The van der Waals surface area contributed by atoms with E-state index in [1.165, 1.54) is 0 Å². The number of hydrogen-bond acceptors (Lipinski definition) is 4. The molecule has 1 fully saturated rings. The van der Waals surface area contributed by atoms with Crippen molar-refractivity contribution in [3.05, 3.63) is 0 Å². The summed E-state index contributed by atoms with van der Waals surface area (Å²) < 4.78 is 0. The molecule has 1 heterocycles. The third kappa shape index (κ3) is 2.66. The van der Waals surface area contributed by atoms with Crippen LogP contribution in [0.2, 0.25) is 0 Å². The Labute approximate surface area is 88.4 Å². The van der Waals surface area contributed by atoms with Gasteiger partial charge in [0.1, 0.15) is 6.04 Å². The van der Waals surface area contributed by atoms with Gasteiger partial charge >= 0.3 is 5.97 Å². The molecular weight excluding hydrogens is 198 g/mol. The number of carbonyl (C=O) groups excluding carboxylic acids is 1. The van der Waals surface area contributed by atoms with Crippen molar-refractivity contribution >= 4 is 11.9 Å². The van der Waals surface area contributed by atoms with Gasteiger partial charge < -0.3 is 16.2 Å². The number of carboxylic acid groups (broad SMARTS) is 1. The lowest BCUT2D eigenvalue weighted by atomic mass is 10.1. The number of carboxylic acids is 1. The molecule has 0 aromatic rings. The van der Waals surface area contributed by atoms with E-state index in [2.05, 4.69) is 5.32 Å². The summed E-state index contributed by atoms with van der Waals surface area (Å²) in [6.07, 6.45) is 0.541. The molecule has 0 aromatic carbocycles. The zero-order valence-electron chi connectivity index (χ0n) is 8.77. The van der Waals surface area contributed by atoms with Crippen LogP contribution in [0.25, 0.3) is 0 Å². The van der Waals surface area contributed by atoms with Gasteiger partial charge in [0.2, 0.25) is 5.91 Å². The highest BCUT2D eigenvalue weighted by molar-refractivity contribution is 5.81. The quantitative estimate of drug-likeness (QED) is 0.536. The van der Waals surface area contributed by atoms with E-state index in [0.717, 1.165) is 0 Å². The smallest absolute Gasteiger partial charge is 0.322 e. The number of hydrogen-bond donors (Lipinski definition) is 3. The molecule has 2 atom stereocenters. The number of nitrogens with zero attached hydrogens (tertiary/aromatic N) is 1. The first-order valence-electron chi connectivity index (χ1n) is 5.06. The molecule has 0 saturated carbocycles.